The van der Waals surface area contributed by atoms with Crippen LogP contribution in [0.5, 0.6) is 0 Å². The van der Waals surface area contributed by atoms with Crippen molar-refractivity contribution in [2.45, 2.75) is 32.6 Å². The summed E-state index contributed by atoms with van der Waals surface area (Å²) < 4.78 is 5.05. The Hall–Kier alpha value is -0.950. The lowest BCUT2D eigenvalue weighted by atomic mass is 10.2. The maximum absolute atomic E-state index is 10.6. The summed E-state index contributed by atoms with van der Waals surface area (Å²) in [7, 11) is 0. The first kappa shape index (κ1) is 19.1. The van der Waals surface area contributed by atoms with Gasteiger partial charge in [-0.25, -0.2) is 0 Å². The third-order valence-corrected chi connectivity index (χ3v) is 3.06. The van der Waals surface area contributed by atoms with E-state index in [1.54, 1.807) is 0 Å². The number of nitrogens with zero attached hydrogens (tertiary/aromatic N) is 1. The van der Waals surface area contributed by atoms with Gasteiger partial charge in [-0.15, -0.1) is 0 Å². The Morgan fingerprint density at radius 1 is 1.20 bits per heavy atom. The summed E-state index contributed by atoms with van der Waals surface area (Å²) in [5.74, 6) is -1.30. The smallest absolute Gasteiger partial charge is 0.182 e. The van der Waals surface area contributed by atoms with Crippen LogP contribution < -0.4 is 5.11 Å². The van der Waals surface area contributed by atoms with Crippen molar-refractivity contribution in [3.8, 4) is 0 Å². The van der Waals surface area contributed by atoms with Crippen LogP contribution in [0.15, 0.2) is 12.2 Å². The zero-order valence-electron chi connectivity index (χ0n) is 12.3. The minimum absolute atomic E-state index is 0.243. The molecule has 0 saturated heterocycles. The number of aliphatic hydroxyl groups is 2. The number of unbranched alkanes of at least 4 members (excludes halogenated alkanes) is 2. The number of ether oxygens (including phenoxy) is 1. The molecular weight excluding hydrogens is 262 g/mol. The van der Waals surface area contributed by atoms with Gasteiger partial charge in [-0.2, -0.15) is 0 Å². The number of hydrogen-bond donors (Lipinski definition) is 2. The number of allylic oxidation sites excluding steroid dienone is 2. The van der Waals surface area contributed by atoms with E-state index in [9.17, 15) is 20.1 Å². The number of carbonyl (C=O) groups excluding carboxylic acids is 1. The van der Waals surface area contributed by atoms with Crippen LogP contribution in [0.1, 0.15) is 32.6 Å². The molecule has 0 aliphatic heterocycles. The summed E-state index contributed by atoms with van der Waals surface area (Å²) in [5, 5.41) is 29.0. The Morgan fingerprint density at radius 3 is 2.40 bits per heavy atom. The molecule has 0 aromatic carbocycles. The van der Waals surface area contributed by atoms with E-state index in [4.69, 9.17) is 4.74 Å². The summed E-state index contributed by atoms with van der Waals surface area (Å²) in [5.41, 5.74) is 0. The van der Waals surface area contributed by atoms with Crippen LogP contribution in [0.4, 0.5) is 0 Å². The van der Waals surface area contributed by atoms with Gasteiger partial charge < -0.3 is 24.9 Å². The van der Waals surface area contributed by atoms with Crippen molar-refractivity contribution in [1.29, 1.82) is 0 Å². The predicted molar refractivity (Wildman–Crippen MR) is 73.3 cm³/mol. The third-order valence-electron chi connectivity index (χ3n) is 3.06. The molecule has 0 spiro atoms. The van der Waals surface area contributed by atoms with Crippen molar-refractivity contribution in [2.24, 2.45) is 0 Å². The summed E-state index contributed by atoms with van der Waals surface area (Å²) in [4.78, 5) is 10.6. The van der Waals surface area contributed by atoms with E-state index >= 15 is 0 Å². The highest BCUT2D eigenvalue weighted by atomic mass is 16.5. The van der Waals surface area contributed by atoms with Gasteiger partial charge in [0.05, 0.1) is 12.6 Å². The fourth-order valence-corrected chi connectivity index (χ4v) is 1.70. The second kappa shape index (κ2) is 11.8. The highest BCUT2D eigenvalue weighted by Gasteiger charge is 2.25. The molecule has 0 aliphatic carbocycles. The summed E-state index contributed by atoms with van der Waals surface area (Å²) in [6.45, 7) is 1.93. The molecule has 2 N–H and O–H groups in total. The molecule has 0 aromatic rings. The number of carbonyl (C=O) groups is 1. The molecule has 0 rings (SSSR count). The van der Waals surface area contributed by atoms with Crippen molar-refractivity contribution in [3.63, 3.8) is 0 Å². The zero-order chi connectivity index (χ0) is 15.3. The lowest BCUT2D eigenvalue weighted by Gasteiger charge is -2.34. The molecule has 6 heteroatoms. The van der Waals surface area contributed by atoms with Crippen molar-refractivity contribution in [2.75, 3.05) is 39.8 Å². The number of aliphatic hydroxyl groups excluding tert-OH is 2. The van der Waals surface area contributed by atoms with Gasteiger partial charge in [-0.05, 0) is 19.3 Å². The molecule has 0 radical (unpaired) electrons. The molecule has 0 fully saturated rings. The maximum Gasteiger partial charge on any atom is 0.182 e. The van der Waals surface area contributed by atoms with Crippen LogP contribution in [-0.4, -0.2) is 60.4 Å². The Kier molecular flexibility index (Phi) is 11.3. The normalized spacial score (nSPS) is 12.2. The summed E-state index contributed by atoms with van der Waals surface area (Å²) in [6, 6.07) is 0. The Bertz CT molecular complexity index is 277. The molecule has 0 aliphatic rings. The van der Waals surface area contributed by atoms with E-state index in [0.29, 0.717) is 13.2 Å². The van der Waals surface area contributed by atoms with E-state index in [1.807, 2.05) is 0 Å². The topological polar surface area (TPSA) is 89.8 Å². The average Bonchev–Trinajstić information content (AvgIpc) is 2.44. The zero-order valence-corrected chi connectivity index (χ0v) is 12.3. The molecule has 0 heterocycles. The van der Waals surface area contributed by atoms with Crippen LogP contribution in [0.25, 0.3) is 0 Å². The van der Waals surface area contributed by atoms with Crippen LogP contribution in [0, 0.1) is 0 Å². The van der Waals surface area contributed by atoms with Gasteiger partial charge in [-0.3, -0.25) is 4.48 Å². The molecule has 0 saturated carbocycles. The standard InChI is InChI=1S/C14H27NO5/c1-2-3-4-5-6-7-9-20-10-8-15(12-16,13-17)11-14(18)19/h4-5,16-17H,2-3,6-13H2,1H3/b5-4+. The number of rotatable bonds is 13. The summed E-state index contributed by atoms with van der Waals surface area (Å²) in [6.07, 6.45) is 8.38. The molecule has 118 valence electrons. The van der Waals surface area contributed by atoms with Crippen LogP contribution >= 0.6 is 0 Å². The highest BCUT2D eigenvalue weighted by Crippen LogP contribution is 2.03. The van der Waals surface area contributed by atoms with E-state index < -0.39 is 26.0 Å². The van der Waals surface area contributed by atoms with Gasteiger partial charge >= 0.3 is 0 Å². The number of carboxylic acid groups (broad SMARTS) is 1. The fraction of sp³-hybridized carbons (Fsp3) is 0.786. The number of carboxylic acids is 1. The molecular formula is C14H27NO5. The molecule has 20 heavy (non-hydrogen) atoms. The van der Waals surface area contributed by atoms with E-state index in [-0.39, 0.29) is 11.0 Å². The molecule has 6 nitrogen and oxygen atoms in total. The first-order chi connectivity index (χ1) is 9.60. The lowest BCUT2D eigenvalue weighted by Crippen LogP contribution is -2.56. The molecule has 0 bridgehead atoms. The Balaban J connectivity index is 3.76. The summed E-state index contributed by atoms with van der Waals surface area (Å²) >= 11 is 0. The Morgan fingerprint density at radius 2 is 1.85 bits per heavy atom. The lowest BCUT2D eigenvalue weighted by molar-refractivity contribution is -0.956. The van der Waals surface area contributed by atoms with Gasteiger partial charge in [0, 0.05) is 6.61 Å². The van der Waals surface area contributed by atoms with E-state index in [1.165, 1.54) is 0 Å². The van der Waals surface area contributed by atoms with Crippen LogP contribution in [-0.2, 0) is 9.53 Å². The monoisotopic (exact) mass is 289 g/mol. The van der Waals surface area contributed by atoms with Crippen LogP contribution in [0.2, 0.25) is 0 Å². The molecule has 0 unspecified atom stereocenters. The van der Waals surface area contributed by atoms with Crippen molar-refractivity contribution >= 4 is 5.97 Å². The van der Waals surface area contributed by atoms with Crippen molar-refractivity contribution < 1.29 is 29.3 Å². The predicted octanol–water partition coefficient (Wildman–Crippen LogP) is -0.394. The molecule has 0 aromatic heterocycles. The largest absolute Gasteiger partial charge is 0.544 e. The van der Waals surface area contributed by atoms with Gasteiger partial charge in [0.2, 0.25) is 0 Å². The van der Waals surface area contributed by atoms with Crippen molar-refractivity contribution in [3.05, 3.63) is 12.2 Å². The van der Waals surface area contributed by atoms with Gasteiger partial charge in [-0.1, -0.05) is 25.5 Å². The minimum atomic E-state index is -1.30. The highest BCUT2D eigenvalue weighted by molar-refractivity contribution is 5.65. The van der Waals surface area contributed by atoms with Crippen LogP contribution in [0.3, 0.4) is 0 Å². The van der Waals surface area contributed by atoms with E-state index in [0.717, 1.165) is 25.7 Å². The second-order valence-electron chi connectivity index (χ2n) is 4.89. The van der Waals surface area contributed by atoms with E-state index in [2.05, 4.69) is 19.1 Å². The first-order valence-electron chi connectivity index (χ1n) is 7.09. The SMILES string of the molecule is CCC/C=C/CCCOCC[N+](CO)(CO)CC(=O)[O-]. The number of quaternary nitrogens is 1. The average molecular weight is 289 g/mol. The second-order valence-corrected chi connectivity index (χ2v) is 4.89. The third kappa shape index (κ3) is 9.03. The molecule has 0 atom stereocenters. The van der Waals surface area contributed by atoms with Gasteiger partial charge in [0.15, 0.2) is 13.5 Å². The fourth-order valence-electron chi connectivity index (χ4n) is 1.70. The van der Waals surface area contributed by atoms with Crippen molar-refractivity contribution in [1.82, 2.24) is 0 Å². The Labute approximate surface area is 120 Å². The first-order valence-corrected chi connectivity index (χ1v) is 7.09. The number of aliphatic carboxylic acids is 1. The maximum atomic E-state index is 10.6. The minimum Gasteiger partial charge on any atom is -0.544 e. The molecule has 0 amide bonds. The number of hydrogen-bond acceptors (Lipinski definition) is 5. The van der Waals surface area contributed by atoms with Gasteiger partial charge in [0.25, 0.3) is 0 Å². The van der Waals surface area contributed by atoms with Gasteiger partial charge in [0.1, 0.15) is 13.1 Å². The quantitative estimate of drug-likeness (QED) is 0.208.